The zero-order valence-electron chi connectivity index (χ0n) is 11.3. The molecule has 1 aromatic carbocycles. The molecule has 1 aliphatic rings. The third-order valence-corrected chi connectivity index (χ3v) is 4.66. The van der Waals surface area contributed by atoms with Gasteiger partial charge in [-0.3, -0.25) is 0 Å². The maximum Gasteiger partial charge on any atom is 0.119 e. The highest BCUT2D eigenvalue weighted by atomic mass is 79.9. The molecule has 0 amide bonds. The van der Waals surface area contributed by atoms with E-state index in [1.807, 2.05) is 6.07 Å². The molecule has 1 saturated heterocycles. The van der Waals surface area contributed by atoms with E-state index < -0.39 is 0 Å². The molecule has 100 valence electrons. The third kappa shape index (κ3) is 3.72. The first-order valence-corrected chi connectivity index (χ1v) is 7.55. The van der Waals surface area contributed by atoms with Crippen LogP contribution in [0.5, 0.6) is 5.75 Å². The molecule has 2 rings (SSSR count). The number of nitrogens with zero attached hydrogens (tertiary/aromatic N) is 1. The summed E-state index contributed by atoms with van der Waals surface area (Å²) in [5.41, 5.74) is 1.22. The fourth-order valence-corrected chi connectivity index (χ4v) is 2.78. The van der Waals surface area contributed by atoms with Gasteiger partial charge < -0.3 is 9.64 Å². The van der Waals surface area contributed by atoms with Gasteiger partial charge in [-0.05, 0) is 63.5 Å². The monoisotopic (exact) mass is 311 g/mol. The topological polar surface area (TPSA) is 12.5 Å². The lowest BCUT2D eigenvalue weighted by atomic mass is 10.0. The standard InChI is InChI=1S/C15H22BrNO/c1-12-11-14(6-7-15(12)16)18-10-8-13-5-3-4-9-17(13)2/h6-7,11,13H,3-5,8-10H2,1-2H3. The Kier molecular flexibility index (Phi) is 5.07. The molecule has 1 aromatic rings. The molecule has 3 heteroatoms. The van der Waals surface area contributed by atoms with E-state index in [1.165, 1.54) is 31.4 Å². The van der Waals surface area contributed by atoms with Crippen LogP contribution in [0.2, 0.25) is 0 Å². The van der Waals surface area contributed by atoms with Crippen LogP contribution in [-0.2, 0) is 0 Å². The summed E-state index contributed by atoms with van der Waals surface area (Å²) in [5, 5.41) is 0. The van der Waals surface area contributed by atoms with Crippen LogP contribution in [0.3, 0.4) is 0 Å². The first kappa shape index (κ1) is 13.9. The first-order valence-electron chi connectivity index (χ1n) is 6.76. The quantitative estimate of drug-likeness (QED) is 0.833. The van der Waals surface area contributed by atoms with E-state index in [1.54, 1.807) is 0 Å². The molecule has 1 heterocycles. The molecule has 0 spiro atoms. The molecule has 0 aromatic heterocycles. The molecule has 1 unspecified atom stereocenters. The summed E-state index contributed by atoms with van der Waals surface area (Å²) in [5.74, 6) is 0.981. The van der Waals surface area contributed by atoms with E-state index in [-0.39, 0.29) is 0 Å². The van der Waals surface area contributed by atoms with Crippen molar-refractivity contribution in [2.75, 3.05) is 20.2 Å². The van der Waals surface area contributed by atoms with Crippen LogP contribution >= 0.6 is 15.9 Å². The normalized spacial score (nSPS) is 20.9. The van der Waals surface area contributed by atoms with Gasteiger partial charge in [-0.2, -0.15) is 0 Å². The van der Waals surface area contributed by atoms with E-state index >= 15 is 0 Å². The van der Waals surface area contributed by atoms with E-state index in [0.717, 1.165) is 23.2 Å². The van der Waals surface area contributed by atoms with Crippen molar-refractivity contribution in [3.63, 3.8) is 0 Å². The highest BCUT2D eigenvalue weighted by Gasteiger charge is 2.18. The lowest BCUT2D eigenvalue weighted by Crippen LogP contribution is -2.37. The van der Waals surface area contributed by atoms with Crippen molar-refractivity contribution in [3.8, 4) is 5.75 Å². The van der Waals surface area contributed by atoms with E-state index in [9.17, 15) is 0 Å². The first-order chi connectivity index (χ1) is 8.66. The predicted octanol–water partition coefficient (Wildman–Crippen LogP) is 4.01. The highest BCUT2D eigenvalue weighted by molar-refractivity contribution is 9.10. The Morgan fingerprint density at radius 1 is 1.39 bits per heavy atom. The molecule has 2 nitrogen and oxygen atoms in total. The van der Waals surface area contributed by atoms with Crippen LogP contribution < -0.4 is 4.74 Å². The second kappa shape index (κ2) is 6.58. The Morgan fingerprint density at radius 2 is 2.22 bits per heavy atom. The van der Waals surface area contributed by atoms with Gasteiger partial charge in [0, 0.05) is 10.5 Å². The van der Waals surface area contributed by atoms with Crippen molar-refractivity contribution >= 4 is 15.9 Å². The number of rotatable bonds is 4. The molecule has 0 N–H and O–H groups in total. The number of benzene rings is 1. The zero-order chi connectivity index (χ0) is 13.0. The fourth-order valence-electron chi connectivity index (χ4n) is 2.53. The molecule has 0 aliphatic carbocycles. The minimum atomic E-state index is 0.704. The minimum Gasteiger partial charge on any atom is -0.494 e. The number of ether oxygens (including phenoxy) is 1. The molecule has 0 radical (unpaired) electrons. The molecule has 0 bridgehead atoms. The van der Waals surface area contributed by atoms with Gasteiger partial charge >= 0.3 is 0 Å². The van der Waals surface area contributed by atoms with Crippen molar-refractivity contribution in [1.29, 1.82) is 0 Å². The number of hydrogen-bond acceptors (Lipinski definition) is 2. The minimum absolute atomic E-state index is 0.704. The van der Waals surface area contributed by atoms with Crippen LogP contribution in [0.15, 0.2) is 22.7 Å². The van der Waals surface area contributed by atoms with E-state index in [4.69, 9.17) is 4.74 Å². The maximum atomic E-state index is 5.85. The molecule has 0 saturated carbocycles. The van der Waals surface area contributed by atoms with Gasteiger partial charge in [0.1, 0.15) is 5.75 Å². The van der Waals surface area contributed by atoms with Crippen LogP contribution in [-0.4, -0.2) is 31.1 Å². The van der Waals surface area contributed by atoms with Gasteiger partial charge in [0.2, 0.25) is 0 Å². The lowest BCUT2D eigenvalue weighted by Gasteiger charge is -2.32. The largest absolute Gasteiger partial charge is 0.494 e. The smallest absolute Gasteiger partial charge is 0.119 e. The fraction of sp³-hybridized carbons (Fsp3) is 0.600. The summed E-state index contributed by atoms with van der Waals surface area (Å²) in [6.45, 7) is 4.14. The summed E-state index contributed by atoms with van der Waals surface area (Å²) in [7, 11) is 2.23. The number of halogens is 1. The molecule has 1 aliphatic heterocycles. The SMILES string of the molecule is Cc1cc(OCCC2CCCCN2C)ccc1Br. The number of aryl methyl sites for hydroxylation is 1. The Bertz CT molecular complexity index is 394. The zero-order valence-corrected chi connectivity index (χ0v) is 12.9. The van der Waals surface area contributed by atoms with E-state index in [2.05, 4.69) is 46.9 Å². The predicted molar refractivity (Wildman–Crippen MR) is 79.3 cm³/mol. The Hall–Kier alpha value is -0.540. The number of piperidine rings is 1. The summed E-state index contributed by atoms with van der Waals surface area (Å²) in [6.07, 6.45) is 5.16. The second-order valence-corrected chi connectivity index (χ2v) is 6.03. The van der Waals surface area contributed by atoms with Gasteiger partial charge in [-0.1, -0.05) is 22.4 Å². The molecular formula is C15H22BrNO. The summed E-state index contributed by atoms with van der Waals surface area (Å²) in [4.78, 5) is 2.47. The molecule has 18 heavy (non-hydrogen) atoms. The molecule has 1 fully saturated rings. The summed E-state index contributed by atoms with van der Waals surface area (Å²) >= 11 is 3.51. The van der Waals surface area contributed by atoms with Gasteiger partial charge in [0.05, 0.1) is 6.61 Å². The van der Waals surface area contributed by atoms with Crippen LogP contribution in [0.1, 0.15) is 31.2 Å². The number of hydrogen-bond donors (Lipinski definition) is 0. The average molecular weight is 312 g/mol. The second-order valence-electron chi connectivity index (χ2n) is 5.18. The average Bonchev–Trinajstić information content (AvgIpc) is 2.36. The molecular weight excluding hydrogens is 290 g/mol. The van der Waals surface area contributed by atoms with Crippen LogP contribution in [0, 0.1) is 6.92 Å². The van der Waals surface area contributed by atoms with Crippen LogP contribution in [0.4, 0.5) is 0 Å². The highest BCUT2D eigenvalue weighted by Crippen LogP contribution is 2.22. The van der Waals surface area contributed by atoms with Gasteiger partial charge in [-0.15, -0.1) is 0 Å². The summed E-state index contributed by atoms with van der Waals surface area (Å²) in [6, 6.07) is 6.88. The van der Waals surface area contributed by atoms with Crippen molar-refractivity contribution in [2.45, 2.75) is 38.6 Å². The van der Waals surface area contributed by atoms with Gasteiger partial charge in [0.25, 0.3) is 0 Å². The third-order valence-electron chi connectivity index (χ3n) is 3.77. The Balaban J connectivity index is 1.79. The Labute approximate surface area is 118 Å². The maximum absolute atomic E-state index is 5.85. The van der Waals surface area contributed by atoms with Crippen molar-refractivity contribution in [3.05, 3.63) is 28.2 Å². The van der Waals surface area contributed by atoms with Crippen molar-refractivity contribution in [2.24, 2.45) is 0 Å². The van der Waals surface area contributed by atoms with Gasteiger partial charge in [-0.25, -0.2) is 0 Å². The van der Waals surface area contributed by atoms with E-state index in [0.29, 0.717) is 6.04 Å². The summed E-state index contributed by atoms with van der Waals surface area (Å²) < 4.78 is 6.99. The lowest BCUT2D eigenvalue weighted by molar-refractivity contribution is 0.153. The molecule has 1 atom stereocenters. The van der Waals surface area contributed by atoms with Crippen molar-refractivity contribution < 1.29 is 4.74 Å². The Morgan fingerprint density at radius 3 is 2.94 bits per heavy atom. The van der Waals surface area contributed by atoms with Crippen LogP contribution in [0.25, 0.3) is 0 Å². The number of likely N-dealkylation sites (tertiary alicyclic amines) is 1. The van der Waals surface area contributed by atoms with Gasteiger partial charge in [0.15, 0.2) is 0 Å². The van der Waals surface area contributed by atoms with Crippen molar-refractivity contribution in [1.82, 2.24) is 4.90 Å².